The van der Waals surface area contributed by atoms with Crippen molar-refractivity contribution in [3.05, 3.63) is 71.5 Å². The van der Waals surface area contributed by atoms with Crippen LogP contribution in [0.3, 0.4) is 0 Å². The van der Waals surface area contributed by atoms with Crippen molar-refractivity contribution in [2.24, 2.45) is 0 Å². The molecule has 0 amide bonds. The standard InChI is InChI=1S/C21H26FNO3/c1-15(2)23-13-19(24)14-26-20(12-16-7-6-10-18(22)11-16)21(25)17-8-4-3-5-9-17/h3-11,15,19-20,23-24H,12-14H2,1-2H3. The first-order valence-electron chi connectivity index (χ1n) is 8.82. The summed E-state index contributed by atoms with van der Waals surface area (Å²) in [5.41, 5.74) is 1.21. The largest absolute Gasteiger partial charge is 0.389 e. The number of halogens is 1. The van der Waals surface area contributed by atoms with E-state index in [0.717, 1.165) is 0 Å². The predicted molar refractivity (Wildman–Crippen MR) is 99.8 cm³/mol. The molecule has 0 radical (unpaired) electrons. The molecule has 2 rings (SSSR count). The number of carbonyl (C=O) groups is 1. The Morgan fingerprint density at radius 3 is 2.54 bits per heavy atom. The van der Waals surface area contributed by atoms with E-state index < -0.39 is 12.2 Å². The van der Waals surface area contributed by atoms with Gasteiger partial charge in [-0.25, -0.2) is 4.39 Å². The third-order valence-electron chi connectivity index (χ3n) is 3.91. The highest BCUT2D eigenvalue weighted by atomic mass is 19.1. The lowest BCUT2D eigenvalue weighted by molar-refractivity contribution is -0.00218. The molecule has 0 spiro atoms. The minimum atomic E-state index is -0.784. The van der Waals surface area contributed by atoms with Crippen molar-refractivity contribution in [3.63, 3.8) is 0 Å². The van der Waals surface area contributed by atoms with Crippen LogP contribution in [0, 0.1) is 5.82 Å². The van der Waals surface area contributed by atoms with Gasteiger partial charge in [-0.15, -0.1) is 0 Å². The van der Waals surface area contributed by atoms with Crippen LogP contribution < -0.4 is 5.32 Å². The Kier molecular flexibility index (Phi) is 7.91. The van der Waals surface area contributed by atoms with E-state index in [0.29, 0.717) is 17.7 Å². The normalized spacial score (nSPS) is 13.6. The average molecular weight is 359 g/mol. The smallest absolute Gasteiger partial charge is 0.191 e. The van der Waals surface area contributed by atoms with Crippen LogP contribution in [0.2, 0.25) is 0 Å². The summed E-state index contributed by atoms with van der Waals surface area (Å²) in [6, 6.07) is 15.2. The fraction of sp³-hybridized carbons (Fsp3) is 0.381. The van der Waals surface area contributed by atoms with Gasteiger partial charge in [0.05, 0.1) is 12.7 Å². The molecule has 0 bridgehead atoms. The highest BCUT2D eigenvalue weighted by Gasteiger charge is 2.22. The highest BCUT2D eigenvalue weighted by Crippen LogP contribution is 2.14. The first-order chi connectivity index (χ1) is 12.5. The molecule has 2 aromatic rings. The van der Waals surface area contributed by atoms with E-state index in [-0.39, 0.29) is 30.7 Å². The summed E-state index contributed by atoms with van der Waals surface area (Å²) in [5.74, 6) is -0.534. The summed E-state index contributed by atoms with van der Waals surface area (Å²) in [5, 5.41) is 13.2. The fourth-order valence-corrected chi connectivity index (χ4v) is 2.55. The van der Waals surface area contributed by atoms with Gasteiger partial charge in [0.1, 0.15) is 11.9 Å². The summed E-state index contributed by atoms with van der Waals surface area (Å²) in [7, 11) is 0. The van der Waals surface area contributed by atoms with Crippen molar-refractivity contribution in [1.29, 1.82) is 0 Å². The lowest BCUT2D eigenvalue weighted by atomic mass is 9.99. The SMILES string of the molecule is CC(C)NCC(O)COC(Cc1cccc(F)c1)C(=O)c1ccccc1. The van der Waals surface area contributed by atoms with Crippen LogP contribution in [0.15, 0.2) is 54.6 Å². The van der Waals surface area contributed by atoms with E-state index in [9.17, 15) is 14.3 Å². The molecular formula is C21H26FNO3. The predicted octanol–water partition coefficient (Wildman–Crippen LogP) is 3.00. The monoisotopic (exact) mass is 359 g/mol. The van der Waals surface area contributed by atoms with Gasteiger partial charge in [0.25, 0.3) is 0 Å². The molecule has 0 fully saturated rings. The molecule has 0 aliphatic heterocycles. The zero-order chi connectivity index (χ0) is 18.9. The lowest BCUT2D eigenvalue weighted by Crippen LogP contribution is -2.37. The molecule has 2 aromatic carbocycles. The molecule has 2 N–H and O–H groups in total. The minimum Gasteiger partial charge on any atom is -0.389 e. The second kappa shape index (κ2) is 10.2. The lowest BCUT2D eigenvalue weighted by Gasteiger charge is -2.20. The molecular weight excluding hydrogens is 333 g/mol. The van der Waals surface area contributed by atoms with Crippen LogP contribution >= 0.6 is 0 Å². The molecule has 0 saturated carbocycles. The molecule has 0 aliphatic carbocycles. The Bertz CT molecular complexity index is 691. The number of hydrogen-bond donors (Lipinski definition) is 2. The van der Waals surface area contributed by atoms with E-state index in [1.165, 1.54) is 12.1 Å². The number of aliphatic hydroxyl groups is 1. The Morgan fingerprint density at radius 2 is 1.88 bits per heavy atom. The number of Topliss-reactive ketones (excluding diaryl/α,β-unsaturated/α-hetero) is 1. The van der Waals surface area contributed by atoms with E-state index in [1.54, 1.807) is 36.4 Å². The molecule has 140 valence electrons. The van der Waals surface area contributed by atoms with Crippen molar-refractivity contribution in [1.82, 2.24) is 5.32 Å². The van der Waals surface area contributed by atoms with Crippen LogP contribution in [0.25, 0.3) is 0 Å². The average Bonchev–Trinajstić information content (AvgIpc) is 2.63. The molecule has 0 saturated heterocycles. The van der Waals surface area contributed by atoms with Gasteiger partial charge in [0.2, 0.25) is 0 Å². The minimum absolute atomic E-state index is 0.0261. The molecule has 26 heavy (non-hydrogen) atoms. The summed E-state index contributed by atoms with van der Waals surface area (Å²) in [6.45, 7) is 4.38. The van der Waals surface area contributed by atoms with Gasteiger partial charge in [-0.1, -0.05) is 56.3 Å². The van der Waals surface area contributed by atoms with E-state index in [1.807, 2.05) is 19.9 Å². The first-order valence-corrected chi connectivity index (χ1v) is 8.82. The maximum atomic E-state index is 13.5. The topological polar surface area (TPSA) is 58.6 Å². The number of ether oxygens (including phenoxy) is 1. The zero-order valence-electron chi connectivity index (χ0n) is 15.2. The Morgan fingerprint density at radius 1 is 1.15 bits per heavy atom. The van der Waals surface area contributed by atoms with E-state index in [4.69, 9.17) is 4.74 Å². The summed E-state index contributed by atoms with van der Waals surface area (Å²) in [6.07, 6.45) is -1.26. The third kappa shape index (κ3) is 6.67. The zero-order valence-corrected chi connectivity index (χ0v) is 15.2. The summed E-state index contributed by atoms with van der Waals surface area (Å²) < 4.78 is 19.2. The Hall–Kier alpha value is -2.08. The van der Waals surface area contributed by atoms with E-state index >= 15 is 0 Å². The van der Waals surface area contributed by atoms with E-state index in [2.05, 4.69) is 5.32 Å². The summed E-state index contributed by atoms with van der Waals surface area (Å²) in [4.78, 5) is 12.8. The number of nitrogens with one attached hydrogen (secondary N) is 1. The van der Waals surface area contributed by atoms with Crippen LogP contribution in [0.1, 0.15) is 29.8 Å². The van der Waals surface area contributed by atoms with Crippen molar-refractivity contribution in [2.75, 3.05) is 13.2 Å². The second-order valence-corrected chi connectivity index (χ2v) is 6.60. The molecule has 0 aromatic heterocycles. The third-order valence-corrected chi connectivity index (χ3v) is 3.91. The van der Waals surface area contributed by atoms with Gasteiger partial charge in [0.15, 0.2) is 5.78 Å². The Balaban J connectivity index is 2.07. The summed E-state index contributed by atoms with van der Waals surface area (Å²) >= 11 is 0. The van der Waals surface area contributed by atoms with Crippen molar-refractivity contribution in [2.45, 2.75) is 38.5 Å². The van der Waals surface area contributed by atoms with Gasteiger partial charge in [-0.05, 0) is 17.7 Å². The van der Waals surface area contributed by atoms with Gasteiger partial charge >= 0.3 is 0 Å². The van der Waals surface area contributed by atoms with Crippen molar-refractivity contribution >= 4 is 5.78 Å². The number of benzene rings is 2. The maximum absolute atomic E-state index is 13.5. The van der Waals surface area contributed by atoms with Gasteiger partial charge < -0.3 is 15.2 Å². The first kappa shape index (κ1) is 20.2. The van der Waals surface area contributed by atoms with Crippen molar-refractivity contribution < 1.29 is 19.0 Å². The molecule has 5 heteroatoms. The Labute approximate surface area is 154 Å². The molecule has 2 atom stereocenters. The number of ketones is 1. The van der Waals surface area contributed by atoms with Gasteiger partial charge in [-0.2, -0.15) is 0 Å². The van der Waals surface area contributed by atoms with Crippen LogP contribution in [-0.2, 0) is 11.2 Å². The number of carbonyl (C=O) groups excluding carboxylic acids is 1. The molecule has 0 heterocycles. The number of hydrogen-bond acceptors (Lipinski definition) is 4. The molecule has 4 nitrogen and oxygen atoms in total. The molecule has 2 unspecified atom stereocenters. The molecule has 0 aliphatic rings. The number of aliphatic hydroxyl groups excluding tert-OH is 1. The van der Waals surface area contributed by atoms with Gasteiger partial charge in [0, 0.05) is 24.6 Å². The maximum Gasteiger partial charge on any atom is 0.191 e. The quantitative estimate of drug-likeness (QED) is 0.641. The number of rotatable bonds is 10. The van der Waals surface area contributed by atoms with Crippen molar-refractivity contribution in [3.8, 4) is 0 Å². The van der Waals surface area contributed by atoms with Crippen LogP contribution in [0.5, 0.6) is 0 Å². The van der Waals surface area contributed by atoms with Gasteiger partial charge in [-0.3, -0.25) is 4.79 Å². The fourth-order valence-electron chi connectivity index (χ4n) is 2.55. The van der Waals surface area contributed by atoms with Crippen LogP contribution in [0.4, 0.5) is 4.39 Å². The highest BCUT2D eigenvalue weighted by molar-refractivity contribution is 5.99. The second-order valence-electron chi connectivity index (χ2n) is 6.60. The van der Waals surface area contributed by atoms with Crippen LogP contribution in [-0.4, -0.2) is 42.3 Å².